The highest BCUT2D eigenvalue weighted by atomic mass is 16.5. The van der Waals surface area contributed by atoms with Crippen LogP contribution in [0.3, 0.4) is 0 Å². The zero-order valence-electron chi connectivity index (χ0n) is 13.2. The number of rotatable bonds is 1. The number of aromatic nitrogens is 2. The number of amides is 1. The van der Waals surface area contributed by atoms with Gasteiger partial charge < -0.3 is 14.4 Å². The maximum Gasteiger partial charge on any atom is 0.275 e. The van der Waals surface area contributed by atoms with Crippen molar-refractivity contribution in [2.75, 3.05) is 19.8 Å². The maximum absolute atomic E-state index is 13.1. The van der Waals surface area contributed by atoms with Gasteiger partial charge in [0.2, 0.25) is 0 Å². The Kier molecular flexibility index (Phi) is 3.27. The van der Waals surface area contributed by atoms with Gasteiger partial charge in [-0.3, -0.25) is 9.89 Å². The molecule has 1 saturated carbocycles. The van der Waals surface area contributed by atoms with Crippen LogP contribution in [0.2, 0.25) is 0 Å². The van der Waals surface area contributed by atoms with Gasteiger partial charge in [0, 0.05) is 30.7 Å². The summed E-state index contributed by atoms with van der Waals surface area (Å²) in [7, 11) is 0. The van der Waals surface area contributed by atoms with Gasteiger partial charge in [-0.05, 0) is 33.1 Å². The molecular formula is C16H23N3O3. The molecule has 1 spiro atoms. The maximum atomic E-state index is 13.1. The summed E-state index contributed by atoms with van der Waals surface area (Å²) in [6.45, 7) is 6.09. The van der Waals surface area contributed by atoms with Crippen LogP contribution in [0.4, 0.5) is 0 Å². The number of aromatic amines is 1. The molecule has 22 heavy (non-hydrogen) atoms. The number of carbonyl (C=O) groups is 1. The molecule has 1 N–H and O–H groups in total. The number of nitrogens with zero attached hydrogens (tertiary/aromatic N) is 2. The Morgan fingerprint density at radius 2 is 2.14 bits per heavy atom. The minimum Gasteiger partial charge on any atom is -0.380 e. The number of nitrogens with one attached hydrogen (secondary N) is 1. The van der Waals surface area contributed by atoms with Crippen LogP contribution in [-0.4, -0.2) is 52.4 Å². The lowest BCUT2D eigenvalue weighted by Gasteiger charge is -2.30. The predicted octanol–water partition coefficient (Wildman–Crippen LogP) is 1.83. The molecule has 1 aliphatic carbocycles. The largest absolute Gasteiger partial charge is 0.380 e. The van der Waals surface area contributed by atoms with Crippen molar-refractivity contribution in [3.05, 3.63) is 17.0 Å². The highest BCUT2D eigenvalue weighted by Crippen LogP contribution is 2.46. The van der Waals surface area contributed by atoms with Gasteiger partial charge in [0.15, 0.2) is 5.69 Å². The van der Waals surface area contributed by atoms with E-state index in [2.05, 4.69) is 10.2 Å². The fourth-order valence-corrected chi connectivity index (χ4v) is 3.85. The second-order valence-corrected chi connectivity index (χ2v) is 6.80. The lowest BCUT2D eigenvalue weighted by molar-refractivity contribution is -0.00704. The molecule has 3 aliphatic rings. The van der Waals surface area contributed by atoms with Gasteiger partial charge in [-0.2, -0.15) is 5.10 Å². The van der Waals surface area contributed by atoms with E-state index in [1.165, 1.54) is 0 Å². The van der Waals surface area contributed by atoms with Crippen LogP contribution in [0.15, 0.2) is 0 Å². The standard InChI is InChI=1S/C16H23N3O3/c1-10-9-12-13(11(2)22-10)17-18-14(12)15(20)19-6-8-21-7-5-16(19)3-4-16/h10-11H,3-9H2,1-2H3,(H,17,18)/t10-,11+/m1/s1. The highest BCUT2D eigenvalue weighted by Gasteiger charge is 2.51. The van der Waals surface area contributed by atoms with Crippen LogP contribution >= 0.6 is 0 Å². The van der Waals surface area contributed by atoms with E-state index in [-0.39, 0.29) is 23.7 Å². The Balaban J connectivity index is 1.66. The summed E-state index contributed by atoms with van der Waals surface area (Å²) in [5.74, 6) is 0.0572. The van der Waals surface area contributed by atoms with Crippen LogP contribution in [0.1, 0.15) is 61.0 Å². The summed E-state index contributed by atoms with van der Waals surface area (Å²) >= 11 is 0. The van der Waals surface area contributed by atoms with Gasteiger partial charge in [0.05, 0.1) is 24.5 Å². The third kappa shape index (κ3) is 2.16. The molecule has 4 rings (SSSR count). The quantitative estimate of drug-likeness (QED) is 0.859. The molecule has 2 fully saturated rings. The first-order valence-corrected chi connectivity index (χ1v) is 8.23. The van der Waals surface area contributed by atoms with E-state index in [4.69, 9.17) is 9.47 Å². The summed E-state index contributed by atoms with van der Waals surface area (Å²) in [6.07, 6.45) is 3.95. The van der Waals surface area contributed by atoms with Crippen molar-refractivity contribution in [2.45, 2.75) is 57.3 Å². The molecule has 0 bridgehead atoms. The first-order valence-electron chi connectivity index (χ1n) is 8.23. The number of carbonyl (C=O) groups excluding carboxylic acids is 1. The van der Waals surface area contributed by atoms with Crippen LogP contribution in [-0.2, 0) is 15.9 Å². The molecule has 0 aromatic carbocycles. The molecule has 1 saturated heterocycles. The number of ether oxygens (including phenoxy) is 2. The summed E-state index contributed by atoms with van der Waals surface area (Å²) in [5, 5.41) is 7.37. The molecule has 0 unspecified atom stereocenters. The van der Waals surface area contributed by atoms with E-state index in [0.29, 0.717) is 18.8 Å². The van der Waals surface area contributed by atoms with E-state index in [1.54, 1.807) is 0 Å². The molecule has 6 nitrogen and oxygen atoms in total. The minimum atomic E-state index is -0.0323. The molecule has 1 amide bonds. The van der Waals surface area contributed by atoms with Crippen molar-refractivity contribution in [1.82, 2.24) is 15.1 Å². The van der Waals surface area contributed by atoms with Gasteiger partial charge in [-0.25, -0.2) is 0 Å². The molecule has 2 atom stereocenters. The number of hydrogen-bond donors (Lipinski definition) is 1. The smallest absolute Gasteiger partial charge is 0.275 e. The van der Waals surface area contributed by atoms with Crippen molar-refractivity contribution in [3.63, 3.8) is 0 Å². The molecule has 2 aliphatic heterocycles. The van der Waals surface area contributed by atoms with E-state index in [0.717, 1.165) is 43.5 Å². The number of H-pyrrole nitrogens is 1. The summed E-state index contributed by atoms with van der Waals surface area (Å²) < 4.78 is 11.4. The van der Waals surface area contributed by atoms with Crippen molar-refractivity contribution in [2.24, 2.45) is 0 Å². The summed E-state index contributed by atoms with van der Waals surface area (Å²) in [5.41, 5.74) is 2.61. The van der Waals surface area contributed by atoms with E-state index >= 15 is 0 Å². The molecule has 1 aromatic heterocycles. The number of hydrogen-bond acceptors (Lipinski definition) is 4. The second kappa shape index (κ2) is 5.06. The first-order chi connectivity index (χ1) is 10.6. The predicted molar refractivity (Wildman–Crippen MR) is 79.7 cm³/mol. The summed E-state index contributed by atoms with van der Waals surface area (Å²) in [4.78, 5) is 15.1. The Hall–Kier alpha value is -1.40. The van der Waals surface area contributed by atoms with Gasteiger partial charge >= 0.3 is 0 Å². The molecule has 0 radical (unpaired) electrons. The lowest BCUT2D eigenvalue weighted by Crippen LogP contribution is -2.43. The summed E-state index contributed by atoms with van der Waals surface area (Å²) in [6, 6.07) is 0. The third-order valence-corrected chi connectivity index (χ3v) is 5.25. The van der Waals surface area contributed by atoms with Crippen molar-refractivity contribution >= 4 is 5.91 Å². The van der Waals surface area contributed by atoms with Crippen molar-refractivity contribution in [3.8, 4) is 0 Å². The monoisotopic (exact) mass is 305 g/mol. The zero-order valence-corrected chi connectivity index (χ0v) is 13.2. The van der Waals surface area contributed by atoms with Crippen LogP contribution in [0.5, 0.6) is 0 Å². The normalized spacial score (nSPS) is 30.0. The van der Waals surface area contributed by atoms with Gasteiger partial charge in [-0.15, -0.1) is 0 Å². The molecule has 3 heterocycles. The zero-order chi connectivity index (χ0) is 15.3. The average molecular weight is 305 g/mol. The average Bonchev–Trinajstić information content (AvgIpc) is 3.19. The van der Waals surface area contributed by atoms with Crippen LogP contribution < -0.4 is 0 Å². The third-order valence-electron chi connectivity index (χ3n) is 5.25. The molecular weight excluding hydrogens is 282 g/mol. The van der Waals surface area contributed by atoms with Crippen LogP contribution in [0, 0.1) is 0 Å². The highest BCUT2D eigenvalue weighted by molar-refractivity contribution is 5.95. The number of fused-ring (bicyclic) bond motifs is 1. The second-order valence-electron chi connectivity index (χ2n) is 6.80. The van der Waals surface area contributed by atoms with Gasteiger partial charge in [0.1, 0.15) is 0 Å². The SMILES string of the molecule is C[C@@H]1Cc2c(C(=O)N3CCOCCC34CC4)n[nH]c2[C@H](C)O1. The molecule has 120 valence electrons. The van der Waals surface area contributed by atoms with E-state index in [1.807, 2.05) is 18.7 Å². The van der Waals surface area contributed by atoms with Crippen molar-refractivity contribution < 1.29 is 14.3 Å². The Bertz CT molecular complexity index is 593. The van der Waals surface area contributed by atoms with Crippen molar-refractivity contribution in [1.29, 1.82) is 0 Å². The molecule has 6 heteroatoms. The first kappa shape index (κ1) is 14.2. The fraction of sp³-hybridized carbons (Fsp3) is 0.750. The Morgan fingerprint density at radius 1 is 1.32 bits per heavy atom. The Morgan fingerprint density at radius 3 is 2.91 bits per heavy atom. The Labute approximate surface area is 130 Å². The lowest BCUT2D eigenvalue weighted by atomic mass is 9.99. The van der Waals surface area contributed by atoms with Gasteiger partial charge in [0.25, 0.3) is 5.91 Å². The minimum absolute atomic E-state index is 0.0296. The van der Waals surface area contributed by atoms with Crippen LogP contribution in [0.25, 0.3) is 0 Å². The molecule has 1 aromatic rings. The fourth-order valence-electron chi connectivity index (χ4n) is 3.85. The topological polar surface area (TPSA) is 67.5 Å². The van der Waals surface area contributed by atoms with E-state index < -0.39 is 0 Å². The van der Waals surface area contributed by atoms with Gasteiger partial charge in [-0.1, -0.05) is 0 Å². The van der Waals surface area contributed by atoms with E-state index in [9.17, 15) is 4.79 Å².